The molecule has 2 aromatic rings. The zero-order valence-corrected chi connectivity index (χ0v) is 13.4. The molecule has 3 rings (SSSR count). The van der Waals surface area contributed by atoms with Crippen LogP contribution in [0.15, 0.2) is 24.3 Å². The van der Waals surface area contributed by atoms with E-state index >= 15 is 0 Å². The number of carbonyl (C=O) groups is 1. The number of rotatable bonds is 4. The lowest BCUT2D eigenvalue weighted by Gasteiger charge is -2.05. The van der Waals surface area contributed by atoms with Crippen molar-refractivity contribution >= 4 is 18.3 Å². The lowest BCUT2D eigenvalue weighted by Crippen LogP contribution is -2.30. The van der Waals surface area contributed by atoms with E-state index in [1.54, 1.807) is 0 Å². The van der Waals surface area contributed by atoms with Crippen LogP contribution in [0.3, 0.4) is 0 Å². The number of carbonyl (C=O) groups excluding carboxylic acids is 1. The minimum atomic E-state index is -0.121. The van der Waals surface area contributed by atoms with Crippen molar-refractivity contribution in [3.8, 4) is 5.69 Å². The first-order chi connectivity index (χ1) is 10.2. The topological polar surface area (TPSA) is 72.9 Å². The lowest BCUT2D eigenvalue weighted by atomic mass is 10.2. The monoisotopic (exact) mass is 320 g/mol. The van der Waals surface area contributed by atoms with Gasteiger partial charge in [0, 0.05) is 24.3 Å². The molecule has 0 atom stereocenters. The van der Waals surface area contributed by atoms with Crippen LogP contribution in [-0.4, -0.2) is 28.8 Å². The van der Waals surface area contributed by atoms with Crippen molar-refractivity contribution in [2.75, 3.05) is 13.1 Å². The highest BCUT2D eigenvalue weighted by molar-refractivity contribution is 5.94. The summed E-state index contributed by atoms with van der Waals surface area (Å²) in [5.74, 6) is -0.121. The van der Waals surface area contributed by atoms with E-state index in [0.717, 1.165) is 36.2 Å². The van der Waals surface area contributed by atoms with E-state index in [0.29, 0.717) is 18.8 Å². The van der Waals surface area contributed by atoms with Crippen LogP contribution in [0.2, 0.25) is 0 Å². The maximum Gasteiger partial charge on any atom is 0.272 e. The fourth-order valence-corrected chi connectivity index (χ4v) is 2.79. The molecular weight excluding hydrogens is 300 g/mol. The molecule has 0 bridgehead atoms. The van der Waals surface area contributed by atoms with Gasteiger partial charge in [0.15, 0.2) is 5.69 Å². The maximum atomic E-state index is 12.2. The quantitative estimate of drug-likeness (QED) is 0.902. The normalized spacial score (nSPS) is 12.6. The molecule has 118 valence electrons. The standard InChI is InChI=1S/C16H20N4O.ClH/c1-11-5-7-12(8-6-11)20-14-4-2-3-13(14)15(19-20)16(21)18-10-9-17;/h5-8H,2-4,9-10,17H2,1H3,(H,18,21);1H. The molecule has 0 unspecified atom stereocenters. The lowest BCUT2D eigenvalue weighted by molar-refractivity contribution is 0.0948. The van der Waals surface area contributed by atoms with Crippen molar-refractivity contribution in [3.05, 3.63) is 46.8 Å². The number of nitrogens with two attached hydrogens (primary N) is 1. The smallest absolute Gasteiger partial charge is 0.272 e. The van der Waals surface area contributed by atoms with E-state index in [2.05, 4.69) is 29.5 Å². The second kappa shape index (κ2) is 6.94. The number of hydrogen-bond donors (Lipinski definition) is 2. The maximum absolute atomic E-state index is 12.2. The molecule has 0 saturated heterocycles. The Labute approximate surface area is 136 Å². The molecule has 22 heavy (non-hydrogen) atoms. The van der Waals surface area contributed by atoms with E-state index in [-0.39, 0.29) is 18.3 Å². The minimum Gasteiger partial charge on any atom is -0.349 e. The molecule has 1 aliphatic carbocycles. The third kappa shape index (κ3) is 3.00. The Morgan fingerprint density at radius 3 is 2.73 bits per heavy atom. The Balaban J connectivity index is 0.00000176. The van der Waals surface area contributed by atoms with Crippen LogP contribution < -0.4 is 11.1 Å². The van der Waals surface area contributed by atoms with Gasteiger partial charge in [0.2, 0.25) is 0 Å². The van der Waals surface area contributed by atoms with Gasteiger partial charge in [-0.05, 0) is 38.3 Å². The number of nitrogens with zero attached hydrogens (tertiary/aromatic N) is 2. The van der Waals surface area contributed by atoms with Crippen LogP contribution >= 0.6 is 12.4 Å². The molecule has 3 N–H and O–H groups in total. The fraction of sp³-hybridized carbons (Fsp3) is 0.375. The highest BCUT2D eigenvalue weighted by Gasteiger charge is 2.26. The Kier molecular flexibility index (Phi) is 5.21. The van der Waals surface area contributed by atoms with Crippen molar-refractivity contribution in [3.63, 3.8) is 0 Å². The summed E-state index contributed by atoms with van der Waals surface area (Å²) in [4.78, 5) is 12.2. The summed E-state index contributed by atoms with van der Waals surface area (Å²) in [6, 6.07) is 8.21. The summed E-state index contributed by atoms with van der Waals surface area (Å²) < 4.78 is 1.92. The molecular formula is C16H21ClN4O. The molecule has 1 aromatic carbocycles. The zero-order valence-electron chi connectivity index (χ0n) is 12.6. The third-order valence-corrected chi connectivity index (χ3v) is 3.85. The van der Waals surface area contributed by atoms with Crippen LogP contribution in [0.4, 0.5) is 0 Å². The molecule has 1 heterocycles. The summed E-state index contributed by atoms with van der Waals surface area (Å²) in [5.41, 5.74) is 10.5. The fourth-order valence-electron chi connectivity index (χ4n) is 2.79. The Hall–Kier alpha value is -1.85. The Morgan fingerprint density at radius 1 is 1.32 bits per heavy atom. The van der Waals surface area contributed by atoms with Gasteiger partial charge in [0.25, 0.3) is 5.91 Å². The summed E-state index contributed by atoms with van der Waals surface area (Å²) in [5, 5.41) is 7.36. The predicted octanol–water partition coefficient (Wildman–Crippen LogP) is 1.78. The predicted molar refractivity (Wildman–Crippen MR) is 89.0 cm³/mol. The van der Waals surface area contributed by atoms with Crippen molar-refractivity contribution in [2.45, 2.75) is 26.2 Å². The van der Waals surface area contributed by atoms with Gasteiger partial charge >= 0.3 is 0 Å². The number of nitrogens with one attached hydrogen (secondary N) is 1. The molecule has 5 nitrogen and oxygen atoms in total. The molecule has 0 spiro atoms. The van der Waals surface area contributed by atoms with E-state index in [4.69, 9.17) is 5.73 Å². The second-order valence-electron chi connectivity index (χ2n) is 5.42. The number of fused-ring (bicyclic) bond motifs is 1. The van der Waals surface area contributed by atoms with Crippen molar-refractivity contribution < 1.29 is 4.79 Å². The highest BCUT2D eigenvalue weighted by atomic mass is 35.5. The minimum absolute atomic E-state index is 0. The van der Waals surface area contributed by atoms with Crippen molar-refractivity contribution in [1.82, 2.24) is 15.1 Å². The van der Waals surface area contributed by atoms with E-state index in [9.17, 15) is 4.79 Å². The van der Waals surface area contributed by atoms with Crippen LogP contribution in [0.1, 0.15) is 33.7 Å². The molecule has 1 aliphatic rings. The van der Waals surface area contributed by atoms with Gasteiger partial charge in [-0.3, -0.25) is 4.79 Å². The van der Waals surface area contributed by atoms with E-state index in [1.807, 2.05) is 16.8 Å². The van der Waals surface area contributed by atoms with Crippen molar-refractivity contribution in [1.29, 1.82) is 0 Å². The summed E-state index contributed by atoms with van der Waals surface area (Å²) in [6.07, 6.45) is 2.98. The molecule has 1 aromatic heterocycles. The van der Waals surface area contributed by atoms with E-state index in [1.165, 1.54) is 5.56 Å². The Bertz CT molecular complexity index is 664. The molecule has 0 radical (unpaired) electrons. The number of aromatic nitrogens is 2. The Morgan fingerprint density at radius 2 is 2.05 bits per heavy atom. The first kappa shape index (κ1) is 16.5. The van der Waals surface area contributed by atoms with Gasteiger partial charge in [0.05, 0.1) is 5.69 Å². The average Bonchev–Trinajstić information content (AvgIpc) is 3.08. The summed E-state index contributed by atoms with van der Waals surface area (Å²) in [6.45, 7) is 2.97. The highest BCUT2D eigenvalue weighted by Crippen LogP contribution is 2.27. The molecule has 0 saturated carbocycles. The van der Waals surface area contributed by atoms with Gasteiger partial charge < -0.3 is 11.1 Å². The van der Waals surface area contributed by atoms with Gasteiger partial charge in [0.1, 0.15) is 0 Å². The first-order valence-corrected chi connectivity index (χ1v) is 7.37. The number of hydrogen-bond acceptors (Lipinski definition) is 3. The first-order valence-electron chi connectivity index (χ1n) is 7.37. The van der Waals surface area contributed by atoms with Crippen molar-refractivity contribution in [2.24, 2.45) is 5.73 Å². The largest absolute Gasteiger partial charge is 0.349 e. The van der Waals surface area contributed by atoms with Crippen LogP contribution in [0.5, 0.6) is 0 Å². The van der Waals surface area contributed by atoms with Gasteiger partial charge in [-0.2, -0.15) is 5.10 Å². The molecule has 1 amide bonds. The molecule has 0 fully saturated rings. The van der Waals surface area contributed by atoms with E-state index < -0.39 is 0 Å². The van der Waals surface area contributed by atoms with Crippen LogP contribution in [0.25, 0.3) is 5.69 Å². The number of halogens is 1. The number of amides is 1. The summed E-state index contributed by atoms with van der Waals surface area (Å²) >= 11 is 0. The van der Waals surface area contributed by atoms with Gasteiger partial charge in [-0.25, -0.2) is 4.68 Å². The van der Waals surface area contributed by atoms with Gasteiger partial charge in [-0.1, -0.05) is 17.7 Å². The second-order valence-corrected chi connectivity index (χ2v) is 5.42. The van der Waals surface area contributed by atoms with Crippen LogP contribution in [0, 0.1) is 6.92 Å². The average molecular weight is 321 g/mol. The molecule has 0 aliphatic heterocycles. The summed E-state index contributed by atoms with van der Waals surface area (Å²) in [7, 11) is 0. The zero-order chi connectivity index (χ0) is 14.8. The number of benzene rings is 1. The SMILES string of the molecule is Cc1ccc(-n2nc(C(=O)NCCN)c3c2CCC3)cc1.Cl. The third-order valence-electron chi connectivity index (χ3n) is 3.85. The number of aryl methyl sites for hydroxylation is 1. The molecule has 6 heteroatoms. The van der Waals surface area contributed by atoms with Crippen LogP contribution in [-0.2, 0) is 12.8 Å². The van der Waals surface area contributed by atoms with Gasteiger partial charge in [-0.15, -0.1) is 12.4 Å².